The van der Waals surface area contributed by atoms with Gasteiger partial charge in [-0.1, -0.05) is 24.0 Å². The van der Waals surface area contributed by atoms with Gasteiger partial charge in [-0.25, -0.2) is 8.42 Å². The number of amides is 2. The number of sulfone groups is 1. The van der Waals surface area contributed by atoms with Crippen LogP contribution in [0.5, 0.6) is 0 Å². The molecule has 7 nitrogen and oxygen atoms in total. The van der Waals surface area contributed by atoms with E-state index >= 15 is 0 Å². The summed E-state index contributed by atoms with van der Waals surface area (Å²) in [7, 11) is -1.53. The molecule has 0 spiro atoms. The molecule has 140 valence electrons. The van der Waals surface area contributed by atoms with E-state index in [0.717, 1.165) is 11.8 Å². The third-order valence-corrected chi connectivity index (χ3v) is 7.57. The van der Waals surface area contributed by atoms with E-state index in [2.05, 4.69) is 0 Å². The van der Waals surface area contributed by atoms with Gasteiger partial charge < -0.3 is 9.32 Å². The van der Waals surface area contributed by atoms with Crippen LogP contribution in [0.15, 0.2) is 27.7 Å². The van der Waals surface area contributed by atoms with Gasteiger partial charge in [0.05, 0.1) is 22.7 Å². The molecule has 0 N–H and O–H groups in total. The molecule has 26 heavy (non-hydrogen) atoms. The zero-order valence-corrected chi connectivity index (χ0v) is 16.7. The number of carbonyl (C=O) groups is 2. The zero-order chi connectivity index (χ0) is 19.1. The van der Waals surface area contributed by atoms with Crippen LogP contribution in [0.25, 0.3) is 6.08 Å². The van der Waals surface area contributed by atoms with Gasteiger partial charge in [0, 0.05) is 19.2 Å². The van der Waals surface area contributed by atoms with E-state index in [4.69, 9.17) is 16.6 Å². The van der Waals surface area contributed by atoms with Gasteiger partial charge in [0.1, 0.15) is 16.1 Å². The Kier molecular flexibility index (Phi) is 5.27. The minimum atomic E-state index is -3.10. The number of likely N-dealkylation sites (N-methyl/N-ethyl adjacent to an activating group) is 1. The monoisotopic (exact) mass is 414 g/mol. The van der Waals surface area contributed by atoms with Crippen LogP contribution in [-0.4, -0.2) is 65.0 Å². The summed E-state index contributed by atoms with van der Waals surface area (Å²) < 4.78 is 28.8. The molecule has 2 fully saturated rings. The van der Waals surface area contributed by atoms with Crippen LogP contribution in [-0.2, 0) is 19.4 Å². The summed E-state index contributed by atoms with van der Waals surface area (Å²) in [5.74, 6) is -0.125. The summed E-state index contributed by atoms with van der Waals surface area (Å²) >= 11 is 6.39. The Balaban J connectivity index is 1.74. The third kappa shape index (κ3) is 3.72. The first-order chi connectivity index (χ1) is 12.2. The fourth-order valence-corrected chi connectivity index (χ4v) is 6.16. The van der Waals surface area contributed by atoms with Crippen molar-refractivity contribution in [1.82, 2.24) is 9.80 Å². The van der Waals surface area contributed by atoms with Crippen LogP contribution in [0.2, 0.25) is 0 Å². The standard InChI is InChI=1S/C16H18N2O5S3/c1-10(14(19)17(2)11-5-7-26(21,22)9-11)18-15(20)13(25-16(18)24)8-12-4-3-6-23-12/h3-4,6,8,10-11H,5,7,9H2,1-2H3/b13-8-/t10-,11-/m1/s1. The van der Waals surface area contributed by atoms with Gasteiger partial charge >= 0.3 is 0 Å². The molecular formula is C16H18N2O5S3. The molecule has 0 aromatic carbocycles. The van der Waals surface area contributed by atoms with Crippen molar-refractivity contribution in [1.29, 1.82) is 0 Å². The average molecular weight is 415 g/mol. The fourth-order valence-electron chi connectivity index (χ4n) is 2.98. The van der Waals surface area contributed by atoms with E-state index in [0.29, 0.717) is 21.4 Å². The predicted molar refractivity (Wildman–Crippen MR) is 103 cm³/mol. The number of carbonyl (C=O) groups excluding carboxylic acids is 2. The first-order valence-corrected chi connectivity index (χ1v) is 11.0. The number of nitrogens with zero attached hydrogens (tertiary/aromatic N) is 2. The number of thiocarbonyl (C=S) groups is 1. The van der Waals surface area contributed by atoms with Crippen molar-refractivity contribution < 1.29 is 22.4 Å². The molecular weight excluding hydrogens is 396 g/mol. The molecule has 2 atom stereocenters. The smallest absolute Gasteiger partial charge is 0.267 e. The number of rotatable bonds is 4. The Morgan fingerprint density at radius 2 is 2.27 bits per heavy atom. The summed E-state index contributed by atoms with van der Waals surface area (Å²) in [5, 5.41) is 0. The Morgan fingerprint density at radius 1 is 1.54 bits per heavy atom. The van der Waals surface area contributed by atoms with Crippen LogP contribution < -0.4 is 0 Å². The number of hydrogen-bond donors (Lipinski definition) is 0. The van der Waals surface area contributed by atoms with Crippen LogP contribution in [0.4, 0.5) is 0 Å². The molecule has 1 aromatic heterocycles. The highest BCUT2D eigenvalue weighted by Gasteiger charge is 2.41. The van der Waals surface area contributed by atoms with Gasteiger partial charge in [-0.3, -0.25) is 14.5 Å². The Bertz CT molecular complexity index is 876. The third-order valence-electron chi connectivity index (χ3n) is 4.49. The van der Waals surface area contributed by atoms with Crippen molar-refractivity contribution in [2.45, 2.75) is 25.4 Å². The summed E-state index contributed by atoms with van der Waals surface area (Å²) in [6, 6.07) is 2.25. The minimum Gasteiger partial charge on any atom is -0.465 e. The Morgan fingerprint density at radius 3 is 2.85 bits per heavy atom. The fraction of sp³-hybridized carbons (Fsp3) is 0.438. The van der Waals surface area contributed by atoms with Crippen molar-refractivity contribution in [3.63, 3.8) is 0 Å². The Labute approximate surface area is 161 Å². The van der Waals surface area contributed by atoms with E-state index in [-0.39, 0.29) is 29.4 Å². The highest BCUT2D eigenvalue weighted by Crippen LogP contribution is 2.34. The second-order valence-electron chi connectivity index (χ2n) is 6.25. The van der Waals surface area contributed by atoms with Crippen molar-refractivity contribution >= 4 is 56.0 Å². The predicted octanol–water partition coefficient (Wildman–Crippen LogP) is 1.51. The molecule has 0 bridgehead atoms. The van der Waals surface area contributed by atoms with Gasteiger partial charge in [-0.2, -0.15) is 0 Å². The van der Waals surface area contributed by atoms with Crippen LogP contribution >= 0.6 is 24.0 Å². The SMILES string of the molecule is C[C@H](C(=O)N(C)[C@@H]1CCS(=O)(=O)C1)N1C(=O)/C(=C/c2ccco2)SC1=S. The molecule has 0 aliphatic carbocycles. The molecule has 2 aliphatic heterocycles. The molecule has 10 heteroatoms. The first-order valence-electron chi connectivity index (χ1n) is 7.97. The molecule has 0 saturated carbocycles. The molecule has 0 radical (unpaired) electrons. The topological polar surface area (TPSA) is 87.9 Å². The van der Waals surface area contributed by atoms with Crippen LogP contribution in [0.3, 0.4) is 0 Å². The largest absolute Gasteiger partial charge is 0.465 e. The average Bonchev–Trinajstić information content (AvgIpc) is 3.27. The van der Waals surface area contributed by atoms with Crippen molar-refractivity contribution in [3.8, 4) is 0 Å². The maximum atomic E-state index is 12.8. The lowest BCUT2D eigenvalue weighted by Gasteiger charge is -2.30. The molecule has 2 aliphatic rings. The number of hydrogen-bond acceptors (Lipinski definition) is 7. The molecule has 3 rings (SSSR count). The normalized spacial score (nSPS) is 25.1. The highest BCUT2D eigenvalue weighted by atomic mass is 32.2. The summed E-state index contributed by atoms with van der Waals surface area (Å²) in [6.45, 7) is 1.60. The van der Waals surface area contributed by atoms with Crippen LogP contribution in [0, 0.1) is 0 Å². The molecule has 0 unspecified atom stereocenters. The van der Waals surface area contributed by atoms with E-state index in [1.807, 2.05) is 0 Å². The number of thioether (sulfide) groups is 1. The quantitative estimate of drug-likeness (QED) is 0.545. The second kappa shape index (κ2) is 7.16. The molecule has 2 amide bonds. The second-order valence-corrected chi connectivity index (χ2v) is 10.2. The van der Waals surface area contributed by atoms with Gasteiger partial charge in [0.15, 0.2) is 9.84 Å². The zero-order valence-electron chi connectivity index (χ0n) is 14.2. The van der Waals surface area contributed by atoms with Crippen molar-refractivity contribution in [2.75, 3.05) is 18.6 Å². The maximum absolute atomic E-state index is 12.8. The highest BCUT2D eigenvalue weighted by molar-refractivity contribution is 8.26. The van der Waals surface area contributed by atoms with E-state index in [9.17, 15) is 18.0 Å². The summed E-state index contributed by atoms with van der Waals surface area (Å²) in [5.41, 5.74) is 0. The van der Waals surface area contributed by atoms with E-state index in [1.54, 1.807) is 32.2 Å². The summed E-state index contributed by atoms with van der Waals surface area (Å²) in [4.78, 5) is 28.5. The van der Waals surface area contributed by atoms with Crippen LogP contribution in [0.1, 0.15) is 19.1 Å². The maximum Gasteiger partial charge on any atom is 0.267 e. The first kappa shape index (κ1) is 19.1. The van der Waals surface area contributed by atoms with Gasteiger partial charge in [-0.05, 0) is 25.5 Å². The van der Waals surface area contributed by atoms with Gasteiger partial charge in [-0.15, -0.1) is 0 Å². The molecule has 2 saturated heterocycles. The van der Waals surface area contributed by atoms with E-state index in [1.165, 1.54) is 16.1 Å². The lowest BCUT2D eigenvalue weighted by molar-refractivity contribution is -0.139. The van der Waals surface area contributed by atoms with Gasteiger partial charge in [0.2, 0.25) is 5.91 Å². The lowest BCUT2D eigenvalue weighted by atomic mass is 10.2. The van der Waals surface area contributed by atoms with E-state index < -0.39 is 15.9 Å². The Hall–Kier alpha value is -1.65. The van der Waals surface area contributed by atoms with Gasteiger partial charge in [0.25, 0.3) is 5.91 Å². The number of furan rings is 1. The summed E-state index contributed by atoms with van der Waals surface area (Å²) in [6.07, 6.45) is 3.50. The van der Waals surface area contributed by atoms with Crippen molar-refractivity contribution in [3.05, 3.63) is 29.1 Å². The molecule has 1 aromatic rings. The minimum absolute atomic E-state index is 0.0429. The van der Waals surface area contributed by atoms with Crippen molar-refractivity contribution in [2.24, 2.45) is 0 Å². The lowest BCUT2D eigenvalue weighted by Crippen LogP contribution is -2.50. The molecule has 3 heterocycles.